The molecule has 1 atom stereocenters. The van der Waals surface area contributed by atoms with Crippen LogP contribution < -0.4 is 0 Å². The van der Waals surface area contributed by atoms with Crippen LogP contribution in [0.25, 0.3) is 0 Å². The van der Waals surface area contributed by atoms with Crippen molar-refractivity contribution in [3.05, 3.63) is 32.8 Å². The van der Waals surface area contributed by atoms with Crippen molar-refractivity contribution in [2.45, 2.75) is 5.25 Å². The van der Waals surface area contributed by atoms with Crippen LogP contribution in [0.15, 0.2) is 32.8 Å². The van der Waals surface area contributed by atoms with Crippen LogP contribution in [0.1, 0.15) is 0 Å². The lowest BCUT2D eigenvalue weighted by atomic mass is 10.1. The molecule has 58 valence electrons. The first-order valence-corrected chi connectivity index (χ1v) is 5.97. The fraction of sp³-hybridized carbons (Fsp3) is 0.250. The standard InChI is InChI=1S/C8H6Br2S/c9-6-1-2-7(10)8-5(6)3-4-11-8/h1-3,8H,4H2. The lowest BCUT2D eigenvalue weighted by Gasteiger charge is -2.16. The van der Waals surface area contributed by atoms with Crippen molar-refractivity contribution in [2.75, 3.05) is 5.75 Å². The molecule has 1 aliphatic carbocycles. The summed E-state index contributed by atoms with van der Waals surface area (Å²) in [7, 11) is 0. The molecule has 3 heteroatoms. The summed E-state index contributed by atoms with van der Waals surface area (Å²) in [5.41, 5.74) is 1.42. The average Bonchev–Trinajstić information content (AvgIpc) is 2.45. The van der Waals surface area contributed by atoms with E-state index in [-0.39, 0.29) is 0 Å². The van der Waals surface area contributed by atoms with E-state index in [0.717, 1.165) is 5.75 Å². The molecule has 11 heavy (non-hydrogen) atoms. The largest absolute Gasteiger partial charge is 0.144 e. The molecule has 1 aliphatic heterocycles. The Bertz CT molecular complexity index is 276. The van der Waals surface area contributed by atoms with Gasteiger partial charge in [0, 0.05) is 14.7 Å². The van der Waals surface area contributed by atoms with Crippen molar-refractivity contribution >= 4 is 43.6 Å². The molecule has 0 saturated carbocycles. The molecule has 1 unspecified atom stereocenters. The van der Waals surface area contributed by atoms with Crippen LogP contribution in [-0.4, -0.2) is 11.0 Å². The van der Waals surface area contributed by atoms with Crippen molar-refractivity contribution in [2.24, 2.45) is 0 Å². The molecular weight excluding hydrogens is 288 g/mol. The van der Waals surface area contributed by atoms with Crippen molar-refractivity contribution in [3.63, 3.8) is 0 Å². The lowest BCUT2D eigenvalue weighted by molar-refractivity contribution is 1.28. The fourth-order valence-corrected chi connectivity index (χ4v) is 3.78. The van der Waals surface area contributed by atoms with Crippen molar-refractivity contribution in [1.82, 2.24) is 0 Å². The van der Waals surface area contributed by atoms with Gasteiger partial charge in [0.05, 0.1) is 5.25 Å². The molecule has 0 aromatic carbocycles. The molecule has 0 spiro atoms. The van der Waals surface area contributed by atoms with Crippen molar-refractivity contribution < 1.29 is 0 Å². The first kappa shape index (κ1) is 8.14. The molecule has 2 rings (SSSR count). The maximum absolute atomic E-state index is 3.56. The second-order valence-corrected chi connectivity index (χ2v) is 5.35. The van der Waals surface area contributed by atoms with Gasteiger partial charge in [-0.3, -0.25) is 0 Å². The summed E-state index contributed by atoms with van der Waals surface area (Å²) in [6.07, 6.45) is 6.49. The Balaban J connectivity index is 2.42. The molecule has 0 fully saturated rings. The maximum atomic E-state index is 3.56. The summed E-state index contributed by atoms with van der Waals surface area (Å²) in [5.74, 6) is 1.13. The first-order valence-electron chi connectivity index (χ1n) is 3.34. The Morgan fingerprint density at radius 1 is 1.36 bits per heavy atom. The molecule has 0 radical (unpaired) electrons. The van der Waals surface area contributed by atoms with E-state index in [4.69, 9.17) is 0 Å². The van der Waals surface area contributed by atoms with Crippen LogP contribution in [0, 0.1) is 0 Å². The highest BCUT2D eigenvalue weighted by molar-refractivity contribution is 9.12. The predicted molar refractivity (Wildman–Crippen MR) is 58.3 cm³/mol. The second-order valence-electron chi connectivity index (χ2n) is 2.44. The number of thioether (sulfide) groups is 1. The van der Waals surface area contributed by atoms with Crippen LogP contribution >= 0.6 is 43.6 Å². The van der Waals surface area contributed by atoms with Crippen molar-refractivity contribution in [3.8, 4) is 0 Å². The smallest absolute Gasteiger partial charge is 0.0623 e. The summed E-state index contributed by atoms with van der Waals surface area (Å²) in [6.45, 7) is 0. The lowest BCUT2D eigenvalue weighted by Crippen LogP contribution is -2.05. The Morgan fingerprint density at radius 3 is 2.91 bits per heavy atom. The Morgan fingerprint density at radius 2 is 2.18 bits per heavy atom. The molecule has 0 aromatic rings. The molecular formula is C8H6Br2S. The van der Waals surface area contributed by atoms with E-state index in [9.17, 15) is 0 Å². The average molecular weight is 294 g/mol. The number of fused-ring (bicyclic) bond motifs is 1. The third-order valence-corrected chi connectivity index (χ3v) is 4.71. The second kappa shape index (κ2) is 3.11. The molecule has 0 saturated heterocycles. The third kappa shape index (κ3) is 1.38. The van der Waals surface area contributed by atoms with Gasteiger partial charge >= 0.3 is 0 Å². The zero-order chi connectivity index (χ0) is 7.84. The third-order valence-electron chi connectivity index (χ3n) is 1.76. The number of hydrogen-bond donors (Lipinski definition) is 0. The molecule has 0 bridgehead atoms. The topological polar surface area (TPSA) is 0 Å². The number of hydrogen-bond acceptors (Lipinski definition) is 1. The van der Waals surface area contributed by atoms with E-state index in [1.54, 1.807) is 0 Å². The van der Waals surface area contributed by atoms with Gasteiger partial charge in [0.1, 0.15) is 0 Å². The van der Waals surface area contributed by atoms with E-state index < -0.39 is 0 Å². The minimum absolute atomic E-state index is 0.550. The summed E-state index contributed by atoms with van der Waals surface area (Å²) < 4.78 is 2.52. The molecule has 0 N–H and O–H groups in total. The molecule has 0 nitrogen and oxygen atoms in total. The van der Waals surface area contributed by atoms with E-state index in [2.05, 4.69) is 50.1 Å². The Labute approximate surface area is 87.1 Å². The highest BCUT2D eigenvalue weighted by Gasteiger charge is 2.25. The summed E-state index contributed by atoms with van der Waals surface area (Å²) in [5, 5.41) is 0.550. The van der Waals surface area contributed by atoms with E-state index in [1.807, 2.05) is 11.8 Å². The van der Waals surface area contributed by atoms with Gasteiger partial charge in [0.15, 0.2) is 0 Å². The van der Waals surface area contributed by atoms with Gasteiger partial charge in [-0.25, -0.2) is 0 Å². The van der Waals surface area contributed by atoms with Gasteiger partial charge in [0.25, 0.3) is 0 Å². The number of allylic oxidation sites excluding steroid dienone is 3. The van der Waals surface area contributed by atoms with Gasteiger partial charge in [-0.05, 0) is 17.7 Å². The van der Waals surface area contributed by atoms with Gasteiger partial charge in [0.2, 0.25) is 0 Å². The van der Waals surface area contributed by atoms with Crippen LogP contribution in [0.4, 0.5) is 0 Å². The minimum Gasteiger partial charge on any atom is -0.144 e. The highest BCUT2D eigenvalue weighted by Crippen LogP contribution is 2.43. The SMILES string of the molecule is BrC1=CC=C(Br)C2SCC=C12. The number of rotatable bonds is 0. The highest BCUT2D eigenvalue weighted by atomic mass is 79.9. The van der Waals surface area contributed by atoms with Crippen LogP contribution in [-0.2, 0) is 0 Å². The zero-order valence-electron chi connectivity index (χ0n) is 5.68. The van der Waals surface area contributed by atoms with Gasteiger partial charge in [-0.2, -0.15) is 0 Å². The van der Waals surface area contributed by atoms with Crippen molar-refractivity contribution in [1.29, 1.82) is 0 Å². The van der Waals surface area contributed by atoms with Crippen LogP contribution in [0.5, 0.6) is 0 Å². The van der Waals surface area contributed by atoms with Gasteiger partial charge < -0.3 is 0 Å². The molecule has 0 amide bonds. The Kier molecular flexibility index (Phi) is 2.30. The van der Waals surface area contributed by atoms with E-state index in [1.165, 1.54) is 14.5 Å². The van der Waals surface area contributed by atoms with Gasteiger partial charge in [-0.1, -0.05) is 37.9 Å². The fourth-order valence-electron chi connectivity index (χ4n) is 1.22. The van der Waals surface area contributed by atoms with Crippen LogP contribution in [0.3, 0.4) is 0 Å². The Hall–Kier alpha value is 0.530. The first-order chi connectivity index (χ1) is 5.29. The normalized spacial score (nSPS) is 28.9. The molecule has 1 heterocycles. The van der Waals surface area contributed by atoms with Crippen LogP contribution in [0.2, 0.25) is 0 Å². The predicted octanol–water partition coefficient (Wildman–Crippen LogP) is 3.60. The van der Waals surface area contributed by atoms with Gasteiger partial charge in [-0.15, -0.1) is 11.8 Å². The summed E-state index contributed by atoms with van der Waals surface area (Å²) in [6, 6.07) is 0. The minimum atomic E-state index is 0.550. The molecule has 0 aromatic heterocycles. The zero-order valence-corrected chi connectivity index (χ0v) is 9.67. The van der Waals surface area contributed by atoms with E-state index >= 15 is 0 Å². The quantitative estimate of drug-likeness (QED) is 0.658. The maximum Gasteiger partial charge on any atom is 0.0623 e. The molecule has 2 aliphatic rings. The number of halogens is 2. The van der Waals surface area contributed by atoms with E-state index in [0.29, 0.717) is 5.25 Å². The summed E-state index contributed by atoms with van der Waals surface area (Å²) in [4.78, 5) is 0. The monoisotopic (exact) mass is 292 g/mol. The summed E-state index contributed by atoms with van der Waals surface area (Å²) >= 11 is 9.05.